The number of benzene rings is 1. The van der Waals surface area contributed by atoms with E-state index in [9.17, 15) is 4.79 Å². The van der Waals surface area contributed by atoms with Gasteiger partial charge in [-0.3, -0.25) is 4.79 Å². The maximum atomic E-state index is 12.3. The first-order chi connectivity index (χ1) is 9.06. The van der Waals surface area contributed by atoms with Crippen molar-refractivity contribution in [1.29, 1.82) is 0 Å². The first-order valence-electron chi connectivity index (χ1n) is 6.83. The van der Waals surface area contributed by atoms with Gasteiger partial charge in [-0.05, 0) is 31.9 Å². The maximum Gasteiger partial charge on any atom is 0.223 e. The number of amides is 1. The molecule has 1 aromatic rings. The summed E-state index contributed by atoms with van der Waals surface area (Å²) in [5, 5.41) is 3.45. The molecule has 0 aromatic heterocycles. The van der Waals surface area contributed by atoms with Crippen LogP contribution < -0.4 is 5.32 Å². The summed E-state index contributed by atoms with van der Waals surface area (Å²) in [6, 6.07) is 8.87. The lowest BCUT2D eigenvalue weighted by Gasteiger charge is -2.36. The van der Waals surface area contributed by atoms with Crippen LogP contribution in [0, 0.1) is 0 Å². The van der Waals surface area contributed by atoms with Gasteiger partial charge in [-0.15, -0.1) is 0 Å². The van der Waals surface area contributed by atoms with Crippen molar-refractivity contribution >= 4 is 21.8 Å². The van der Waals surface area contributed by atoms with Crippen LogP contribution in [0.5, 0.6) is 0 Å². The largest absolute Gasteiger partial charge is 0.340 e. The van der Waals surface area contributed by atoms with E-state index >= 15 is 0 Å². The molecule has 1 heterocycles. The Morgan fingerprint density at radius 3 is 2.58 bits per heavy atom. The lowest BCUT2D eigenvalue weighted by atomic mass is 10.1. The molecule has 1 fully saturated rings. The fraction of sp³-hybridized carbons (Fsp3) is 0.533. The molecule has 0 bridgehead atoms. The average Bonchev–Trinajstić information content (AvgIpc) is 2.36. The highest BCUT2D eigenvalue weighted by molar-refractivity contribution is 9.10. The minimum Gasteiger partial charge on any atom is -0.340 e. The van der Waals surface area contributed by atoms with Crippen molar-refractivity contribution in [2.24, 2.45) is 0 Å². The number of hydrogen-bond acceptors (Lipinski definition) is 2. The lowest BCUT2D eigenvalue weighted by molar-refractivity contribution is -0.132. The zero-order valence-electron chi connectivity index (χ0n) is 11.5. The average molecular weight is 325 g/mol. The van der Waals surface area contributed by atoms with Crippen LogP contribution in [0.25, 0.3) is 0 Å². The minimum absolute atomic E-state index is 0.260. The summed E-state index contributed by atoms with van der Waals surface area (Å²) in [4.78, 5) is 14.2. The molecule has 2 atom stereocenters. The number of aryl methyl sites for hydroxylation is 1. The first kappa shape index (κ1) is 14.5. The number of carbonyl (C=O) groups excluding carboxylic acids is 1. The molecular weight excluding hydrogens is 304 g/mol. The van der Waals surface area contributed by atoms with Gasteiger partial charge in [0, 0.05) is 36.1 Å². The second-order valence-corrected chi connectivity index (χ2v) is 6.21. The van der Waals surface area contributed by atoms with Crippen LogP contribution in [0.15, 0.2) is 28.7 Å². The third-order valence-electron chi connectivity index (χ3n) is 3.48. The molecule has 0 spiro atoms. The van der Waals surface area contributed by atoms with Crippen molar-refractivity contribution in [1.82, 2.24) is 10.2 Å². The SMILES string of the molecule is C[C@@H]1CN(C(=O)CCc2ccccc2Br)C[C@H](C)N1. The van der Waals surface area contributed by atoms with Crippen LogP contribution in [0.2, 0.25) is 0 Å². The van der Waals surface area contributed by atoms with Crippen LogP contribution in [0.1, 0.15) is 25.8 Å². The number of hydrogen-bond donors (Lipinski definition) is 1. The van der Waals surface area contributed by atoms with E-state index in [1.165, 1.54) is 5.56 Å². The van der Waals surface area contributed by atoms with Crippen LogP contribution in [-0.4, -0.2) is 36.0 Å². The third-order valence-corrected chi connectivity index (χ3v) is 4.25. The molecule has 2 rings (SSSR count). The van der Waals surface area contributed by atoms with Crippen LogP contribution in [0.4, 0.5) is 0 Å². The van der Waals surface area contributed by atoms with Gasteiger partial charge in [0.2, 0.25) is 5.91 Å². The Morgan fingerprint density at radius 1 is 1.32 bits per heavy atom. The smallest absolute Gasteiger partial charge is 0.223 e. The molecular formula is C15H21BrN2O. The predicted molar refractivity (Wildman–Crippen MR) is 81.1 cm³/mol. The van der Waals surface area contributed by atoms with Crippen LogP contribution in [0.3, 0.4) is 0 Å². The van der Waals surface area contributed by atoms with Gasteiger partial charge >= 0.3 is 0 Å². The summed E-state index contributed by atoms with van der Waals surface area (Å²) in [5.41, 5.74) is 1.20. The Morgan fingerprint density at radius 2 is 1.95 bits per heavy atom. The van der Waals surface area contributed by atoms with Crippen molar-refractivity contribution in [2.75, 3.05) is 13.1 Å². The molecule has 19 heavy (non-hydrogen) atoms. The predicted octanol–water partition coefficient (Wildman–Crippen LogP) is 2.59. The summed E-state index contributed by atoms with van der Waals surface area (Å²) in [6.45, 7) is 5.89. The zero-order valence-corrected chi connectivity index (χ0v) is 13.1. The zero-order chi connectivity index (χ0) is 13.8. The van der Waals surface area contributed by atoms with Crippen molar-refractivity contribution < 1.29 is 4.79 Å². The summed E-state index contributed by atoms with van der Waals surface area (Å²) in [5.74, 6) is 0.260. The second kappa shape index (κ2) is 6.53. The molecule has 1 saturated heterocycles. The maximum absolute atomic E-state index is 12.3. The van der Waals surface area contributed by atoms with E-state index in [1.54, 1.807) is 0 Å². The number of rotatable bonds is 3. The van der Waals surface area contributed by atoms with E-state index in [4.69, 9.17) is 0 Å². The Balaban J connectivity index is 1.89. The highest BCUT2D eigenvalue weighted by Gasteiger charge is 2.24. The molecule has 0 unspecified atom stereocenters. The Labute approximate surface area is 123 Å². The fourth-order valence-corrected chi connectivity index (χ4v) is 3.11. The standard InChI is InChI=1S/C15H21BrN2O/c1-11-9-18(10-12(2)17-11)15(19)8-7-13-5-3-4-6-14(13)16/h3-6,11-12,17H,7-10H2,1-2H3/t11-,12+. The van der Waals surface area contributed by atoms with E-state index in [0.29, 0.717) is 18.5 Å². The van der Waals surface area contributed by atoms with E-state index in [2.05, 4.69) is 41.2 Å². The molecule has 0 saturated carbocycles. The fourth-order valence-electron chi connectivity index (χ4n) is 2.63. The first-order valence-corrected chi connectivity index (χ1v) is 7.63. The normalized spacial score (nSPS) is 23.4. The number of piperazine rings is 1. The monoisotopic (exact) mass is 324 g/mol. The Bertz CT molecular complexity index is 440. The molecule has 1 aliphatic rings. The van der Waals surface area contributed by atoms with Gasteiger partial charge in [-0.1, -0.05) is 34.1 Å². The molecule has 104 valence electrons. The molecule has 1 N–H and O–H groups in total. The molecule has 1 amide bonds. The molecule has 3 nitrogen and oxygen atoms in total. The van der Waals surface area contributed by atoms with E-state index in [0.717, 1.165) is 24.0 Å². The van der Waals surface area contributed by atoms with E-state index in [1.807, 2.05) is 23.1 Å². The summed E-state index contributed by atoms with van der Waals surface area (Å²) in [6.07, 6.45) is 1.38. The molecule has 0 aliphatic carbocycles. The molecule has 1 aliphatic heterocycles. The number of halogens is 1. The summed E-state index contributed by atoms with van der Waals surface area (Å²) in [7, 11) is 0. The minimum atomic E-state index is 0.260. The van der Waals surface area contributed by atoms with E-state index < -0.39 is 0 Å². The highest BCUT2D eigenvalue weighted by Crippen LogP contribution is 2.18. The topological polar surface area (TPSA) is 32.3 Å². The Kier molecular flexibility index (Phi) is 4.99. The van der Waals surface area contributed by atoms with Gasteiger partial charge in [0.25, 0.3) is 0 Å². The quantitative estimate of drug-likeness (QED) is 0.926. The van der Waals surface area contributed by atoms with Crippen molar-refractivity contribution in [3.05, 3.63) is 34.3 Å². The number of nitrogens with one attached hydrogen (secondary N) is 1. The van der Waals surface area contributed by atoms with Gasteiger partial charge < -0.3 is 10.2 Å². The third kappa shape index (κ3) is 4.05. The van der Waals surface area contributed by atoms with Crippen LogP contribution in [-0.2, 0) is 11.2 Å². The highest BCUT2D eigenvalue weighted by atomic mass is 79.9. The Hall–Kier alpha value is -0.870. The van der Waals surface area contributed by atoms with Crippen LogP contribution >= 0.6 is 15.9 Å². The second-order valence-electron chi connectivity index (χ2n) is 5.36. The summed E-state index contributed by atoms with van der Waals surface area (Å²) < 4.78 is 1.09. The van der Waals surface area contributed by atoms with Crippen molar-refractivity contribution in [2.45, 2.75) is 38.8 Å². The van der Waals surface area contributed by atoms with Gasteiger partial charge in [0.15, 0.2) is 0 Å². The van der Waals surface area contributed by atoms with Gasteiger partial charge in [-0.25, -0.2) is 0 Å². The number of nitrogens with zero attached hydrogens (tertiary/aromatic N) is 1. The number of carbonyl (C=O) groups is 1. The van der Waals surface area contributed by atoms with Crippen molar-refractivity contribution in [3.8, 4) is 0 Å². The summed E-state index contributed by atoms with van der Waals surface area (Å²) >= 11 is 3.53. The molecule has 0 radical (unpaired) electrons. The van der Waals surface area contributed by atoms with Crippen molar-refractivity contribution in [3.63, 3.8) is 0 Å². The van der Waals surface area contributed by atoms with Gasteiger partial charge in [0.1, 0.15) is 0 Å². The molecule has 1 aromatic carbocycles. The van der Waals surface area contributed by atoms with Gasteiger partial charge in [0.05, 0.1) is 0 Å². The van der Waals surface area contributed by atoms with E-state index in [-0.39, 0.29) is 5.91 Å². The lowest BCUT2D eigenvalue weighted by Crippen LogP contribution is -2.55. The van der Waals surface area contributed by atoms with Gasteiger partial charge in [-0.2, -0.15) is 0 Å². The molecule has 4 heteroatoms.